The van der Waals surface area contributed by atoms with Gasteiger partial charge in [-0.2, -0.15) is 0 Å². The first-order chi connectivity index (χ1) is 9.90. The number of aryl methyl sites for hydroxylation is 1. The highest BCUT2D eigenvalue weighted by molar-refractivity contribution is 7.12. The molecule has 0 aliphatic rings. The van der Waals surface area contributed by atoms with Crippen molar-refractivity contribution in [2.75, 3.05) is 7.11 Å². The summed E-state index contributed by atoms with van der Waals surface area (Å²) in [6.45, 7) is 6.72. The molecule has 21 heavy (non-hydrogen) atoms. The summed E-state index contributed by atoms with van der Waals surface area (Å²) in [6.07, 6.45) is 1.96. The highest BCUT2D eigenvalue weighted by Gasteiger charge is 2.18. The van der Waals surface area contributed by atoms with Crippen LogP contribution in [0.1, 0.15) is 48.6 Å². The van der Waals surface area contributed by atoms with Crippen LogP contribution < -0.4 is 10.5 Å². The Kier molecular flexibility index (Phi) is 5.07. The average molecular weight is 303 g/mol. The number of rotatable bonds is 5. The smallest absolute Gasteiger partial charge is 0.118 e. The SMILES string of the molecule is COc1ccc(CCC(N)c2ccc(C(C)(C)C)s2)cc1. The fraction of sp³-hybridized carbons (Fsp3) is 0.444. The van der Waals surface area contributed by atoms with Crippen molar-refractivity contribution in [3.8, 4) is 5.75 Å². The van der Waals surface area contributed by atoms with Crippen LogP contribution in [0, 0.1) is 0 Å². The summed E-state index contributed by atoms with van der Waals surface area (Å²) in [6, 6.07) is 12.7. The van der Waals surface area contributed by atoms with E-state index in [0.29, 0.717) is 0 Å². The van der Waals surface area contributed by atoms with Gasteiger partial charge in [0.2, 0.25) is 0 Å². The third kappa shape index (κ3) is 4.32. The Bertz CT molecular complexity index is 566. The lowest BCUT2D eigenvalue weighted by Crippen LogP contribution is -2.10. The van der Waals surface area contributed by atoms with Gasteiger partial charge in [-0.25, -0.2) is 0 Å². The van der Waals surface area contributed by atoms with Crippen molar-refractivity contribution in [1.82, 2.24) is 0 Å². The molecule has 2 N–H and O–H groups in total. The second-order valence-electron chi connectivity index (χ2n) is 6.45. The highest BCUT2D eigenvalue weighted by Crippen LogP contribution is 2.32. The van der Waals surface area contributed by atoms with Crippen molar-refractivity contribution in [3.05, 3.63) is 51.7 Å². The molecule has 0 spiro atoms. The van der Waals surface area contributed by atoms with Crippen molar-refractivity contribution >= 4 is 11.3 Å². The highest BCUT2D eigenvalue weighted by atomic mass is 32.1. The predicted octanol–water partition coefficient (Wildman–Crippen LogP) is 4.69. The fourth-order valence-electron chi connectivity index (χ4n) is 2.21. The van der Waals surface area contributed by atoms with E-state index >= 15 is 0 Å². The number of hydrogen-bond donors (Lipinski definition) is 1. The molecule has 1 aromatic heterocycles. The van der Waals surface area contributed by atoms with Gasteiger partial charge in [-0.1, -0.05) is 32.9 Å². The van der Waals surface area contributed by atoms with Gasteiger partial charge in [-0.15, -0.1) is 11.3 Å². The van der Waals surface area contributed by atoms with Crippen LogP contribution >= 0.6 is 11.3 Å². The number of ether oxygens (including phenoxy) is 1. The molecule has 0 fully saturated rings. The zero-order chi connectivity index (χ0) is 15.5. The molecule has 0 aliphatic heterocycles. The van der Waals surface area contributed by atoms with Crippen LogP contribution in [0.2, 0.25) is 0 Å². The van der Waals surface area contributed by atoms with E-state index in [4.69, 9.17) is 10.5 Å². The Morgan fingerprint density at radius 3 is 2.29 bits per heavy atom. The van der Waals surface area contributed by atoms with Crippen LogP contribution in [0.3, 0.4) is 0 Å². The summed E-state index contributed by atoms with van der Waals surface area (Å²) in [4.78, 5) is 2.69. The molecule has 114 valence electrons. The molecule has 2 aromatic rings. The van der Waals surface area contributed by atoms with Gasteiger partial charge in [0.1, 0.15) is 5.75 Å². The number of hydrogen-bond acceptors (Lipinski definition) is 3. The zero-order valence-electron chi connectivity index (χ0n) is 13.3. The largest absolute Gasteiger partial charge is 0.497 e. The summed E-state index contributed by atoms with van der Waals surface area (Å²) in [5.74, 6) is 0.899. The van der Waals surface area contributed by atoms with E-state index in [9.17, 15) is 0 Å². The van der Waals surface area contributed by atoms with Gasteiger partial charge in [-0.3, -0.25) is 0 Å². The number of methoxy groups -OCH3 is 1. The maximum atomic E-state index is 6.34. The Labute approximate surface area is 132 Å². The lowest BCUT2D eigenvalue weighted by atomic mass is 9.95. The zero-order valence-corrected chi connectivity index (χ0v) is 14.2. The molecule has 0 saturated carbocycles. The number of nitrogens with two attached hydrogens (primary N) is 1. The third-order valence-electron chi connectivity index (χ3n) is 3.63. The van der Waals surface area contributed by atoms with Gasteiger partial charge in [0.25, 0.3) is 0 Å². The average Bonchev–Trinajstić information content (AvgIpc) is 2.95. The van der Waals surface area contributed by atoms with E-state index in [0.717, 1.165) is 18.6 Å². The van der Waals surface area contributed by atoms with E-state index in [2.05, 4.69) is 45.0 Å². The van der Waals surface area contributed by atoms with Crippen LogP contribution in [0.25, 0.3) is 0 Å². The lowest BCUT2D eigenvalue weighted by molar-refractivity contribution is 0.414. The first kappa shape index (κ1) is 16.1. The van der Waals surface area contributed by atoms with Crippen molar-refractivity contribution in [1.29, 1.82) is 0 Å². The normalized spacial score (nSPS) is 13.2. The predicted molar refractivity (Wildman–Crippen MR) is 91.3 cm³/mol. The molecular formula is C18H25NOS. The van der Waals surface area contributed by atoms with Gasteiger partial charge in [0, 0.05) is 15.8 Å². The maximum absolute atomic E-state index is 6.34. The molecule has 1 aromatic carbocycles. The summed E-state index contributed by atoms with van der Waals surface area (Å²) in [5.41, 5.74) is 7.85. The molecule has 1 atom stereocenters. The molecule has 2 nitrogen and oxygen atoms in total. The Morgan fingerprint density at radius 1 is 1.10 bits per heavy atom. The van der Waals surface area contributed by atoms with Gasteiger partial charge in [-0.05, 0) is 48.1 Å². The molecule has 0 saturated heterocycles. The van der Waals surface area contributed by atoms with Crippen LogP contribution in [0.15, 0.2) is 36.4 Å². The minimum atomic E-state index is 0.119. The van der Waals surface area contributed by atoms with Crippen LogP contribution in [0.4, 0.5) is 0 Å². The van der Waals surface area contributed by atoms with Crippen LogP contribution in [-0.2, 0) is 11.8 Å². The molecule has 1 heterocycles. The van der Waals surface area contributed by atoms with Crippen molar-refractivity contribution in [2.45, 2.75) is 45.1 Å². The molecular weight excluding hydrogens is 278 g/mol. The minimum Gasteiger partial charge on any atom is -0.497 e. The second-order valence-corrected chi connectivity index (χ2v) is 7.56. The first-order valence-electron chi connectivity index (χ1n) is 7.39. The van der Waals surface area contributed by atoms with Gasteiger partial charge >= 0.3 is 0 Å². The molecule has 0 bridgehead atoms. The monoisotopic (exact) mass is 303 g/mol. The molecule has 3 heteroatoms. The summed E-state index contributed by atoms with van der Waals surface area (Å²) in [5, 5.41) is 0. The minimum absolute atomic E-state index is 0.119. The molecule has 1 unspecified atom stereocenters. The Hall–Kier alpha value is -1.32. The number of thiophene rings is 1. The van der Waals surface area contributed by atoms with E-state index in [1.54, 1.807) is 7.11 Å². The van der Waals surface area contributed by atoms with Gasteiger partial charge in [0.15, 0.2) is 0 Å². The van der Waals surface area contributed by atoms with Crippen molar-refractivity contribution in [3.63, 3.8) is 0 Å². The Morgan fingerprint density at radius 2 is 1.76 bits per heavy atom. The van der Waals surface area contributed by atoms with Crippen LogP contribution in [0.5, 0.6) is 5.75 Å². The molecule has 0 aliphatic carbocycles. The molecule has 2 rings (SSSR count). The maximum Gasteiger partial charge on any atom is 0.118 e. The molecule has 0 amide bonds. The van der Waals surface area contributed by atoms with Crippen LogP contribution in [-0.4, -0.2) is 7.11 Å². The Balaban J connectivity index is 1.94. The fourth-order valence-corrected chi connectivity index (χ4v) is 3.31. The summed E-state index contributed by atoms with van der Waals surface area (Å²) in [7, 11) is 1.69. The third-order valence-corrected chi connectivity index (χ3v) is 5.28. The quantitative estimate of drug-likeness (QED) is 0.870. The molecule has 0 radical (unpaired) electrons. The van der Waals surface area contributed by atoms with Gasteiger partial charge < -0.3 is 10.5 Å². The van der Waals surface area contributed by atoms with Crippen molar-refractivity contribution < 1.29 is 4.74 Å². The lowest BCUT2D eigenvalue weighted by Gasteiger charge is -2.16. The van der Waals surface area contributed by atoms with E-state index in [1.165, 1.54) is 15.3 Å². The summed E-state index contributed by atoms with van der Waals surface area (Å²) >= 11 is 1.84. The number of benzene rings is 1. The first-order valence-corrected chi connectivity index (χ1v) is 8.20. The standard InChI is InChI=1S/C18H25NOS/c1-18(2,3)17-12-11-16(21-17)15(19)10-7-13-5-8-14(20-4)9-6-13/h5-6,8-9,11-12,15H,7,10,19H2,1-4H3. The summed E-state index contributed by atoms with van der Waals surface area (Å²) < 4.78 is 5.18. The second kappa shape index (κ2) is 6.63. The van der Waals surface area contributed by atoms with E-state index < -0.39 is 0 Å². The topological polar surface area (TPSA) is 35.2 Å². The van der Waals surface area contributed by atoms with E-state index in [1.807, 2.05) is 23.5 Å². The van der Waals surface area contributed by atoms with Crippen molar-refractivity contribution in [2.24, 2.45) is 5.73 Å². The van der Waals surface area contributed by atoms with E-state index in [-0.39, 0.29) is 11.5 Å². The van der Waals surface area contributed by atoms with Gasteiger partial charge in [0.05, 0.1) is 7.11 Å².